The highest BCUT2D eigenvalue weighted by Crippen LogP contribution is 2.16. The summed E-state index contributed by atoms with van der Waals surface area (Å²) in [5.74, 6) is -1.20. The van der Waals surface area contributed by atoms with E-state index < -0.39 is 5.97 Å². The van der Waals surface area contributed by atoms with Gasteiger partial charge in [-0.05, 0) is 44.0 Å². The van der Waals surface area contributed by atoms with Crippen LogP contribution in [0.5, 0.6) is 0 Å². The molecule has 0 spiro atoms. The normalized spacial score (nSPS) is 11.1. The summed E-state index contributed by atoms with van der Waals surface area (Å²) in [5.41, 5.74) is 1.99. The molecule has 0 bridgehead atoms. The zero-order chi connectivity index (χ0) is 16.0. The molecular formula is C16H21NO4. The fourth-order valence-corrected chi connectivity index (χ4v) is 2.00. The fraction of sp³-hybridized carbons (Fsp3) is 0.375. The van der Waals surface area contributed by atoms with Gasteiger partial charge in [0, 0.05) is 24.2 Å². The summed E-state index contributed by atoms with van der Waals surface area (Å²) >= 11 is 0. The Morgan fingerprint density at radius 2 is 2.00 bits per heavy atom. The molecule has 0 aromatic heterocycles. The van der Waals surface area contributed by atoms with Crippen molar-refractivity contribution in [2.24, 2.45) is 0 Å². The summed E-state index contributed by atoms with van der Waals surface area (Å²) < 4.78 is 0. The lowest BCUT2D eigenvalue weighted by Crippen LogP contribution is -2.39. The van der Waals surface area contributed by atoms with Gasteiger partial charge in [-0.25, -0.2) is 4.79 Å². The summed E-state index contributed by atoms with van der Waals surface area (Å²) in [6.07, 6.45) is 2.48. The van der Waals surface area contributed by atoms with Crippen molar-refractivity contribution in [2.75, 3.05) is 13.2 Å². The number of amides is 1. The molecule has 0 unspecified atom stereocenters. The number of carbonyl (C=O) groups excluding carboxylic acids is 1. The van der Waals surface area contributed by atoms with Gasteiger partial charge in [0.15, 0.2) is 0 Å². The Hall–Kier alpha value is -2.14. The van der Waals surface area contributed by atoms with Crippen LogP contribution in [0.4, 0.5) is 0 Å². The third kappa shape index (κ3) is 4.72. The van der Waals surface area contributed by atoms with Gasteiger partial charge in [0.25, 0.3) is 5.91 Å². The first kappa shape index (κ1) is 16.9. The number of aliphatic hydroxyl groups is 1. The molecule has 2 N–H and O–H groups in total. The summed E-state index contributed by atoms with van der Waals surface area (Å²) in [4.78, 5) is 24.7. The molecule has 0 fully saturated rings. The van der Waals surface area contributed by atoms with Crippen molar-refractivity contribution < 1.29 is 19.8 Å². The monoisotopic (exact) mass is 291 g/mol. The highest BCUT2D eigenvalue weighted by Gasteiger charge is 2.19. The van der Waals surface area contributed by atoms with Crippen molar-refractivity contribution in [2.45, 2.75) is 26.8 Å². The molecule has 0 atom stereocenters. The number of benzene rings is 1. The van der Waals surface area contributed by atoms with Crippen LogP contribution < -0.4 is 0 Å². The Balaban J connectivity index is 3.13. The maximum Gasteiger partial charge on any atom is 0.328 e. The molecule has 1 aromatic carbocycles. The molecule has 5 heteroatoms. The van der Waals surface area contributed by atoms with Crippen molar-refractivity contribution in [3.8, 4) is 0 Å². The Labute approximate surface area is 124 Å². The number of aliphatic hydroxyl groups excluding tert-OH is 1. The first-order chi connectivity index (χ1) is 9.86. The van der Waals surface area contributed by atoms with Gasteiger partial charge in [-0.15, -0.1) is 0 Å². The van der Waals surface area contributed by atoms with Gasteiger partial charge in [0.1, 0.15) is 0 Å². The van der Waals surface area contributed by atoms with E-state index in [4.69, 9.17) is 10.2 Å². The summed E-state index contributed by atoms with van der Waals surface area (Å²) in [5, 5.41) is 17.7. The van der Waals surface area contributed by atoms with Gasteiger partial charge in [-0.1, -0.05) is 12.1 Å². The van der Waals surface area contributed by atoms with Crippen LogP contribution >= 0.6 is 0 Å². The summed E-state index contributed by atoms with van der Waals surface area (Å²) in [7, 11) is 0. The number of hydrogen-bond donors (Lipinski definition) is 2. The quantitative estimate of drug-likeness (QED) is 0.785. The van der Waals surface area contributed by atoms with E-state index in [0.717, 1.165) is 11.6 Å². The summed E-state index contributed by atoms with van der Waals surface area (Å²) in [6.45, 7) is 5.77. The molecular weight excluding hydrogens is 270 g/mol. The number of rotatable bonds is 6. The molecule has 0 saturated carbocycles. The van der Waals surface area contributed by atoms with Crippen LogP contribution in [0.3, 0.4) is 0 Å². The van der Waals surface area contributed by atoms with Crippen LogP contribution in [0.1, 0.15) is 35.3 Å². The Morgan fingerprint density at radius 1 is 1.33 bits per heavy atom. The van der Waals surface area contributed by atoms with Crippen LogP contribution in [-0.2, 0) is 4.79 Å². The van der Waals surface area contributed by atoms with E-state index in [2.05, 4.69) is 0 Å². The smallest absolute Gasteiger partial charge is 0.328 e. The largest absolute Gasteiger partial charge is 0.478 e. The Morgan fingerprint density at radius 3 is 2.52 bits per heavy atom. The average molecular weight is 291 g/mol. The highest BCUT2D eigenvalue weighted by atomic mass is 16.4. The average Bonchev–Trinajstić information content (AvgIpc) is 2.42. The topological polar surface area (TPSA) is 77.8 Å². The van der Waals surface area contributed by atoms with Crippen molar-refractivity contribution in [3.05, 3.63) is 41.0 Å². The zero-order valence-electron chi connectivity index (χ0n) is 12.5. The van der Waals surface area contributed by atoms with Gasteiger partial charge < -0.3 is 15.1 Å². The first-order valence-corrected chi connectivity index (χ1v) is 6.80. The molecule has 1 rings (SSSR count). The molecule has 0 heterocycles. The van der Waals surface area contributed by atoms with E-state index in [1.807, 2.05) is 20.8 Å². The van der Waals surface area contributed by atoms with Gasteiger partial charge in [0.2, 0.25) is 0 Å². The zero-order valence-corrected chi connectivity index (χ0v) is 12.5. The summed E-state index contributed by atoms with van der Waals surface area (Å²) in [6, 6.07) is 5.19. The molecule has 1 amide bonds. The van der Waals surface area contributed by atoms with E-state index in [9.17, 15) is 9.59 Å². The standard InChI is InChI=1S/C16H21NO4/c1-11(2)17(8-9-18)16(21)14-10-13(5-4-12(14)3)6-7-15(19)20/h4-7,10-11,18H,8-9H2,1-3H3,(H,19,20). The highest BCUT2D eigenvalue weighted by molar-refractivity contribution is 5.96. The van der Waals surface area contributed by atoms with Crippen LogP contribution in [-0.4, -0.2) is 46.2 Å². The van der Waals surface area contributed by atoms with Crippen LogP contribution in [0.25, 0.3) is 6.08 Å². The molecule has 0 aliphatic heterocycles. The van der Waals surface area contributed by atoms with E-state index in [1.54, 1.807) is 23.1 Å². The van der Waals surface area contributed by atoms with E-state index >= 15 is 0 Å². The minimum Gasteiger partial charge on any atom is -0.478 e. The Kier molecular flexibility index (Phi) is 6.11. The fourth-order valence-electron chi connectivity index (χ4n) is 2.00. The predicted molar refractivity (Wildman–Crippen MR) is 81.1 cm³/mol. The van der Waals surface area contributed by atoms with E-state index in [0.29, 0.717) is 11.1 Å². The lowest BCUT2D eigenvalue weighted by Gasteiger charge is -2.26. The second-order valence-electron chi connectivity index (χ2n) is 5.06. The first-order valence-electron chi connectivity index (χ1n) is 6.80. The second kappa shape index (κ2) is 7.59. The number of carboxylic acids is 1. The SMILES string of the molecule is Cc1ccc(C=CC(=O)O)cc1C(=O)N(CCO)C(C)C. The van der Waals surface area contributed by atoms with Crippen molar-refractivity contribution >= 4 is 18.0 Å². The minimum absolute atomic E-state index is 0.0257. The van der Waals surface area contributed by atoms with E-state index in [1.165, 1.54) is 6.08 Å². The van der Waals surface area contributed by atoms with Gasteiger partial charge in [-0.3, -0.25) is 4.79 Å². The Bertz CT molecular complexity index is 549. The van der Waals surface area contributed by atoms with Gasteiger partial charge in [-0.2, -0.15) is 0 Å². The van der Waals surface area contributed by atoms with Gasteiger partial charge >= 0.3 is 5.97 Å². The molecule has 114 valence electrons. The third-order valence-electron chi connectivity index (χ3n) is 3.14. The van der Waals surface area contributed by atoms with Crippen molar-refractivity contribution in [3.63, 3.8) is 0 Å². The van der Waals surface area contributed by atoms with Crippen molar-refractivity contribution in [1.82, 2.24) is 4.90 Å². The molecule has 0 radical (unpaired) electrons. The molecule has 21 heavy (non-hydrogen) atoms. The minimum atomic E-state index is -1.03. The number of hydrogen-bond acceptors (Lipinski definition) is 3. The maximum absolute atomic E-state index is 12.6. The molecule has 0 saturated heterocycles. The number of nitrogens with zero attached hydrogens (tertiary/aromatic N) is 1. The van der Waals surface area contributed by atoms with Crippen molar-refractivity contribution in [1.29, 1.82) is 0 Å². The van der Waals surface area contributed by atoms with Crippen LogP contribution in [0.2, 0.25) is 0 Å². The number of aryl methyl sites for hydroxylation is 1. The van der Waals surface area contributed by atoms with Gasteiger partial charge in [0.05, 0.1) is 6.61 Å². The van der Waals surface area contributed by atoms with E-state index in [-0.39, 0.29) is 25.1 Å². The number of carboxylic acid groups (broad SMARTS) is 1. The molecule has 0 aliphatic carbocycles. The van der Waals surface area contributed by atoms with Crippen LogP contribution in [0, 0.1) is 6.92 Å². The molecule has 5 nitrogen and oxygen atoms in total. The van der Waals surface area contributed by atoms with Crippen LogP contribution in [0.15, 0.2) is 24.3 Å². The number of carbonyl (C=O) groups is 2. The lowest BCUT2D eigenvalue weighted by molar-refractivity contribution is -0.131. The lowest BCUT2D eigenvalue weighted by atomic mass is 10.0. The number of aliphatic carboxylic acids is 1. The predicted octanol–water partition coefficient (Wildman–Crippen LogP) is 1.94. The molecule has 1 aromatic rings. The third-order valence-corrected chi connectivity index (χ3v) is 3.14. The maximum atomic E-state index is 12.6. The molecule has 0 aliphatic rings. The second-order valence-corrected chi connectivity index (χ2v) is 5.06.